The second-order valence-corrected chi connectivity index (χ2v) is 5.00. The Hall–Kier alpha value is 0.290. The zero-order valence-electron chi connectivity index (χ0n) is 10.7. The van der Waals surface area contributed by atoms with Crippen molar-refractivity contribution in [1.82, 2.24) is 0 Å². The fraction of sp³-hybridized carbons (Fsp3) is 1.00. The van der Waals surface area contributed by atoms with Crippen LogP contribution in [0.1, 0.15) is 78.1 Å². The standard InChI is InChI=1S/C14H29Cl/c1-3-5-6-7-8-9-10-11-12-14(4-2)13-15/h14H,3-13H2,1-2H3. The predicted octanol–water partition coefficient (Wildman–Crippen LogP) is 5.78. The molecule has 0 N–H and O–H groups in total. The minimum absolute atomic E-state index is 0.770. The van der Waals surface area contributed by atoms with Gasteiger partial charge in [0.2, 0.25) is 0 Å². The molecule has 0 nitrogen and oxygen atoms in total. The fourth-order valence-electron chi connectivity index (χ4n) is 1.96. The Balaban J connectivity index is 3.04. The van der Waals surface area contributed by atoms with Gasteiger partial charge < -0.3 is 0 Å². The van der Waals surface area contributed by atoms with Crippen molar-refractivity contribution in [2.24, 2.45) is 5.92 Å². The Kier molecular flexibility index (Phi) is 12.6. The van der Waals surface area contributed by atoms with E-state index in [1.807, 2.05) is 0 Å². The van der Waals surface area contributed by atoms with Gasteiger partial charge >= 0.3 is 0 Å². The Labute approximate surface area is 102 Å². The largest absolute Gasteiger partial charge is 0.126 e. The molecule has 0 rings (SSSR count). The highest BCUT2D eigenvalue weighted by atomic mass is 35.5. The van der Waals surface area contributed by atoms with Gasteiger partial charge in [0.15, 0.2) is 0 Å². The van der Waals surface area contributed by atoms with Gasteiger partial charge in [0, 0.05) is 5.88 Å². The molecule has 0 bridgehead atoms. The quantitative estimate of drug-likeness (QED) is 0.313. The molecule has 1 atom stereocenters. The van der Waals surface area contributed by atoms with Gasteiger partial charge in [-0.25, -0.2) is 0 Å². The normalized spacial score (nSPS) is 13.0. The summed E-state index contributed by atoms with van der Waals surface area (Å²) in [6.45, 7) is 4.52. The van der Waals surface area contributed by atoms with E-state index in [9.17, 15) is 0 Å². The van der Waals surface area contributed by atoms with Crippen LogP contribution in [0.5, 0.6) is 0 Å². The molecule has 0 spiro atoms. The van der Waals surface area contributed by atoms with Crippen molar-refractivity contribution in [1.29, 1.82) is 0 Å². The van der Waals surface area contributed by atoms with Gasteiger partial charge in [-0.3, -0.25) is 0 Å². The molecule has 0 aliphatic heterocycles. The molecule has 0 radical (unpaired) electrons. The van der Waals surface area contributed by atoms with E-state index >= 15 is 0 Å². The fourth-order valence-corrected chi connectivity index (χ4v) is 2.33. The van der Waals surface area contributed by atoms with Crippen molar-refractivity contribution < 1.29 is 0 Å². The van der Waals surface area contributed by atoms with Crippen LogP contribution in [0.15, 0.2) is 0 Å². The molecule has 0 aromatic rings. The summed E-state index contributed by atoms with van der Waals surface area (Å²) in [4.78, 5) is 0. The van der Waals surface area contributed by atoms with Crippen molar-refractivity contribution in [3.8, 4) is 0 Å². The average molecular weight is 233 g/mol. The third-order valence-corrected chi connectivity index (χ3v) is 3.70. The van der Waals surface area contributed by atoms with Crippen LogP contribution in [0.25, 0.3) is 0 Å². The molecular formula is C14H29Cl. The molecule has 0 heterocycles. The van der Waals surface area contributed by atoms with Gasteiger partial charge in [-0.15, -0.1) is 11.6 Å². The lowest BCUT2D eigenvalue weighted by Crippen LogP contribution is -1.99. The predicted molar refractivity (Wildman–Crippen MR) is 71.7 cm³/mol. The van der Waals surface area contributed by atoms with Crippen LogP contribution >= 0.6 is 11.6 Å². The van der Waals surface area contributed by atoms with Crippen LogP contribution in [-0.2, 0) is 0 Å². The topological polar surface area (TPSA) is 0 Å². The van der Waals surface area contributed by atoms with Crippen LogP contribution in [0.3, 0.4) is 0 Å². The summed E-state index contributed by atoms with van der Waals surface area (Å²) in [5, 5.41) is 0. The van der Waals surface area contributed by atoms with Crippen molar-refractivity contribution in [3.05, 3.63) is 0 Å². The molecule has 0 aromatic carbocycles. The van der Waals surface area contributed by atoms with Gasteiger partial charge in [0.1, 0.15) is 0 Å². The molecule has 1 unspecified atom stereocenters. The first-order valence-electron chi connectivity index (χ1n) is 6.91. The molecular weight excluding hydrogens is 204 g/mol. The number of rotatable bonds is 11. The minimum Gasteiger partial charge on any atom is -0.126 e. The Morgan fingerprint density at radius 2 is 1.33 bits per heavy atom. The number of unbranched alkanes of at least 4 members (excludes halogenated alkanes) is 7. The van der Waals surface area contributed by atoms with Crippen LogP contribution in [0.4, 0.5) is 0 Å². The van der Waals surface area contributed by atoms with E-state index in [2.05, 4.69) is 13.8 Å². The summed E-state index contributed by atoms with van der Waals surface area (Å²) in [5.41, 5.74) is 0. The molecule has 0 fully saturated rings. The van der Waals surface area contributed by atoms with Crippen LogP contribution < -0.4 is 0 Å². The van der Waals surface area contributed by atoms with E-state index in [0.717, 1.165) is 11.8 Å². The summed E-state index contributed by atoms with van der Waals surface area (Å²) in [5.74, 6) is 1.62. The van der Waals surface area contributed by atoms with E-state index in [1.165, 1.54) is 64.2 Å². The van der Waals surface area contributed by atoms with Crippen molar-refractivity contribution >= 4 is 11.6 Å². The lowest BCUT2D eigenvalue weighted by atomic mass is 9.99. The van der Waals surface area contributed by atoms with E-state index < -0.39 is 0 Å². The second-order valence-electron chi connectivity index (χ2n) is 4.69. The highest BCUT2D eigenvalue weighted by Gasteiger charge is 2.03. The zero-order chi connectivity index (χ0) is 11.4. The van der Waals surface area contributed by atoms with Gasteiger partial charge in [-0.05, 0) is 12.3 Å². The van der Waals surface area contributed by atoms with E-state index in [0.29, 0.717) is 0 Å². The Morgan fingerprint density at radius 1 is 0.800 bits per heavy atom. The third-order valence-electron chi connectivity index (χ3n) is 3.26. The first-order valence-corrected chi connectivity index (χ1v) is 7.44. The van der Waals surface area contributed by atoms with Crippen LogP contribution in [0, 0.1) is 5.92 Å². The molecule has 0 aliphatic rings. The molecule has 92 valence electrons. The number of alkyl halides is 1. The summed E-state index contributed by atoms with van der Waals surface area (Å²) in [6.07, 6.45) is 13.9. The SMILES string of the molecule is CCCCCCCCCCC(CC)CCl. The van der Waals surface area contributed by atoms with Gasteiger partial charge in [-0.1, -0.05) is 71.6 Å². The maximum Gasteiger partial charge on any atom is 0.0251 e. The van der Waals surface area contributed by atoms with Crippen LogP contribution in [0.2, 0.25) is 0 Å². The lowest BCUT2D eigenvalue weighted by Gasteiger charge is -2.10. The first-order chi connectivity index (χ1) is 7.35. The van der Waals surface area contributed by atoms with Crippen molar-refractivity contribution in [2.45, 2.75) is 78.1 Å². The maximum absolute atomic E-state index is 5.86. The Bertz CT molecular complexity index is 108. The number of halogens is 1. The van der Waals surface area contributed by atoms with Gasteiger partial charge in [0.05, 0.1) is 0 Å². The molecule has 1 heteroatoms. The molecule has 0 amide bonds. The summed E-state index contributed by atoms with van der Waals surface area (Å²) >= 11 is 5.86. The summed E-state index contributed by atoms with van der Waals surface area (Å²) in [6, 6.07) is 0. The van der Waals surface area contributed by atoms with Crippen molar-refractivity contribution in [2.75, 3.05) is 5.88 Å². The summed E-state index contributed by atoms with van der Waals surface area (Å²) in [7, 11) is 0. The average Bonchev–Trinajstić information content (AvgIpc) is 2.27. The molecule has 0 aromatic heterocycles. The minimum atomic E-state index is 0.770. The van der Waals surface area contributed by atoms with E-state index in [-0.39, 0.29) is 0 Å². The number of hydrogen-bond donors (Lipinski definition) is 0. The van der Waals surface area contributed by atoms with Gasteiger partial charge in [0.25, 0.3) is 0 Å². The molecule has 15 heavy (non-hydrogen) atoms. The zero-order valence-corrected chi connectivity index (χ0v) is 11.5. The summed E-state index contributed by atoms with van der Waals surface area (Å²) < 4.78 is 0. The molecule has 0 aliphatic carbocycles. The molecule has 0 saturated carbocycles. The smallest absolute Gasteiger partial charge is 0.0251 e. The lowest BCUT2D eigenvalue weighted by molar-refractivity contribution is 0.474. The maximum atomic E-state index is 5.86. The Morgan fingerprint density at radius 3 is 1.80 bits per heavy atom. The monoisotopic (exact) mass is 232 g/mol. The highest BCUT2D eigenvalue weighted by molar-refractivity contribution is 6.18. The van der Waals surface area contributed by atoms with Gasteiger partial charge in [-0.2, -0.15) is 0 Å². The second kappa shape index (κ2) is 12.4. The van der Waals surface area contributed by atoms with Crippen LogP contribution in [-0.4, -0.2) is 5.88 Å². The van der Waals surface area contributed by atoms with E-state index in [4.69, 9.17) is 11.6 Å². The first kappa shape index (κ1) is 15.3. The van der Waals surface area contributed by atoms with Crippen molar-refractivity contribution in [3.63, 3.8) is 0 Å². The highest BCUT2D eigenvalue weighted by Crippen LogP contribution is 2.16. The number of hydrogen-bond acceptors (Lipinski definition) is 0. The van der Waals surface area contributed by atoms with E-state index in [1.54, 1.807) is 0 Å². The third kappa shape index (κ3) is 10.6. The molecule has 0 saturated heterocycles.